The number of nitro benzene ring substituents is 1. The van der Waals surface area contributed by atoms with Gasteiger partial charge in [0.05, 0.1) is 4.92 Å². The second-order valence-corrected chi connectivity index (χ2v) is 6.46. The van der Waals surface area contributed by atoms with Crippen LogP contribution in [-0.2, 0) is 10.0 Å². The molecule has 0 amide bonds. The minimum absolute atomic E-state index is 0.243. The van der Waals surface area contributed by atoms with Crippen molar-refractivity contribution in [3.05, 3.63) is 34.4 Å². The summed E-state index contributed by atoms with van der Waals surface area (Å²) in [4.78, 5) is 9.86. The Hall–Kier alpha value is -1.55. The first kappa shape index (κ1) is 18.5. The van der Waals surface area contributed by atoms with Gasteiger partial charge in [0.25, 0.3) is 5.69 Å². The fourth-order valence-electron chi connectivity index (χ4n) is 1.85. The molecule has 9 heteroatoms. The summed E-state index contributed by atoms with van der Waals surface area (Å²) in [5.41, 5.74) is 4.94. The summed E-state index contributed by atoms with van der Waals surface area (Å²) in [6.45, 7) is 2.52. The van der Waals surface area contributed by atoms with Crippen LogP contribution in [0.5, 0.6) is 0 Å². The Morgan fingerprint density at radius 3 is 2.41 bits per heavy atom. The van der Waals surface area contributed by atoms with E-state index in [1.165, 1.54) is 24.3 Å². The molecule has 124 valence electrons. The van der Waals surface area contributed by atoms with Crippen LogP contribution in [0, 0.1) is 10.1 Å². The van der Waals surface area contributed by atoms with Crippen LogP contribution in [0.2, 0.25) is 0 Å². The van der Waals surface area contributed by atoms with E-state index in [1.54, 1.807) is 0 Å². The SMILES string of the molecule is NCCCNCCCCNS(=O)(=O)c1ccccc1[N+](=O)[O-]. The molecular weight excluding hydrogens is 308 g/mol. The summed E-state index contributed by atoms with van der Waals surface area (Å²) < 4.78 is 26.6. The Labute approximate surface area is 130 Å². The zero-order valence-electron chi connectivity index (χ0n) is 12.3. The summed E-state index contributed by atoms with van der Waals surface area (Å²) in [6, 6.07) is 5.30. The van der Waals surface area contributed by atoms with Gasteiger partial charge in [-0.25, -0.2) is 13.1 Å². The van der Waals surface area contributed by atoms with E-state index >= 15 is 0 Å². The van der Waals surface area contributed by atoms with Crippen LogP contribution < -0.4 is 15.8 Å². The van der Waals surface area contributed by atoms with E-state index in [9.17, 15) is 18.5 Å². The van der Waals surface area contributed by atoms with Crippen LogP contribution in [0.3, 0.4) is 0 Å². The van der Waals surface area contributed by atoms with Crippen molar-refractivity contribution in [2.75, 3.05) is 26.2 Å². The van der Waals surface area contributed by atoms with Gasteiger partial charge in [0.15, 0.2) is 4.90 Å². The summed E-state index contributed by atoms with van der Waals surface area (Å²) in [7, 11) is -3.87. The van der Waals surface area contributed by atoms with Gasteiger partial charge in [-0.3, -0.25) is 10.1 Å². The lowest BCUT2D eigenvalue weighted by atomic mass is 10.3. The maximum atomic E-state index is 12.1. The van der Waals surface area contributed by atoms with E-state index < -0.39 is 20.6 Å². The van der Waals surface area contributed by atoms with Gasteiger partial charge in [-0.1, -0.05) is 12.1 Å². The standard InChI is InChI=1S/C13H22N4O4S/c14-8-5-10-15-9-3-4-11-16-22(20,21)13-7-2-1-6-12(13)17(18)19/h1-2,6-7,15-16H,3-5,8-11,14H2. The number of rotatable bonds is 11. The van der Waals surface area contributed by atoms with Crippen molar-refractivity contribution < 1.29 is 13.3 Å². The predicted octanol–water partition coefficient (Wildman–Crippen LogP) is 0.592. The zero-order chi connectivity index (χ0) is 16.4. The Kier molecular flexibility index (Phi) is 7.96. The molecule has 0 fully saturated rings. The molecule has 0 saturated carbocycles. The molecule has 0 unspecified atom stereocenters. The molecule has 0 aliphatic heterocycles. The number of unbranched alkanes of at least 4 members (excludes halogenated alkanes) is 1. The average molecular weight is 330 g/mol. The Balaban J connectivity index is 2.44. The molecule has 8 nitrogen and oxygen atoms in total. The van der Waals surface area contributed by atoms with Crippen LogP contribution in [0.4, 0.5) is 5.69 Å². The van der Waals surface area contributed by atoms with E-state index in [2.05, 4.69) is 10.0 Å². The van der Waals surface area contributed by atoms with Crippen molar-refractivity contribution in [3.8, 4) is 0 Å². The number of para-hydroxylation sites is 1. The largest absolute Gasteiger partial charge is 0.330 e. The van der Waals surface area contributed by atoms with E-state index in [4.69, 9.17) is 5.73 Å². The van der Waals surface area contributed by atoms with Crippen molar-refractivity contribution in [1.29, 1.82) is 0 Å². The van der Waals surface area contributed by atoms with Crippen LogP contribution in [0.1, 0.15) is 19.3 Å². The molecule has 1 rings (SSSR count). The van der Waals surface area contributed by atoms with Gasteiger partial charge in [0.1, 0.15) is 0 Å². The van der Waals surface area contributed by atoms with Gasteiger partial charge >= 0.3 is 0 Å². The van der Waals surface area contributed by atoms with Crippen molar-refractivity contribution in [2.24, 2.45) is 5.73 Å². The minimum Gasteiger partial charge on any atom is -0.330 e. The van der Waals surface area contributed by atoms with E-state index in [-0.39, 0.29) is 11.4 Å². The Morgan fingerprint density at radius 1 is 1.09 bits per heavy atom. The fraction of sp³-hybridized carbons (Fsp3) is 0.538. The highest BCUT2D eigenvalue weighted by atomic mass is 32.2. The summed E-state index contributed by atoms with van der Waals surface area (Å²) >= 11 is 0. The predicted molar refractivity (Wildman–Crippen MR) is 84.1 cm³/mol. The quantitative estimate of drug-likeness (QED) is 0.309. The lowest BCUT2D eigenvalue weighted by molar-refractivity contribution is -0.387. The smallest absolute Gasteiger partial charge is 0.289 e. The summed E-state index contributed by atoms with van der Waals surface area (Å²) in [6.07, 6.45) is 2.36. The number of nitrogens with one attached hydrogen (secondary N) is 2. The Morgan fingerprint density at radius 2 is 1.73 bits per heavy atom. The Bertz CT molecular complexity index is 577. The van der Waals surface area contributed by atoms with Gasteiger partial charge in [0, 0.05) is 12.6 Å². The number of sulfonamides is 1. The third kappa shape index (κ3) is 6.06. The number of nitrogens with zero attached hydrogens (tertiary/aromatic N) is 1. The van der Waals surface area contributed by atoms with Gasteiger partial charge in [-0.05, 0) is 45.0 Å². The molecule has 4 N–H and O–H groups in total. The monoisotopic (exact) mass is 330 g/mol. The normalized spacial score (nSPS) is 11.5. The summed E-state index contributed by atoms with van der Waals surface area (Å²) in [5.74, 6) is 0. The lowest BCUT2D eigenvalue weighted by Crippen LogP contribution is -2.26. The van der Waals surface area contributed by atoms with Crippen molar-refractivity contribution in [3.63, 3.8) is 0 Å². The van der Waals surface area contributed by atoms with Crippen LogP contribution in [-0.4, -0.2) is 39.5 Å². The molecule has 1 aromatic rings. The van der Waals surface area contributed by atoms with Gasteiger partial charge in [-0.15, -0.1) is 0 Å². The van der Waals surface area contributed by atoms with E-state index in [0.717, 1.165) is 25.9 Å². The molecular formula is C13H22N4O4S. The highest BCUT2D eigenvalue weighted by Gasteiger charge is 2.24. The molecule has 22 heavy (non-hydrogen) atoms. The molecule has 0 atom stereocenters. The van der Waals surface area contributed by atoms with Crippen molar-refractivity contribution in [2.45, 2.75) is 24.2 Å². The highest BCUT2D eigenvalue weighted by Crippen LogP contribution is 2.22. The third-order valence-corrected chi connectivity index (χ3v) is 4.49. The van der Waals surface area contributed by atoms with Gasteiger partial charge in [0.2, 0.25) is 10.0 Å². The molecule has 0 spiro atoms. The lowest BCUT2D eigenvalue weighted by Gasteiger charge is -2.07. The first-order valence-corrected chi connectivity index (χ1v) is 8.61. The molecule has 0 aliphatic carbocycles. The zero-order valence-corrected chi connectivity index (χ0v) is 13.1. The average Bonchev–Trinajstić information content (AvgIpc) is 2.50. The van der Waals surface area contributed by atoms with Crippen molar-refractivity contribution in [1.82, 2.24) is 10.0 Å². The molecule has 0 bridgehead atoms. The van der Waals surface area contributed by atoms with Crippen LogP contribution >= 0.6 is 0 Å². The second-order valence-electron chi connectivity index (χ2n) is 4.72. The molecule has 0 aliphatic rings. The number of nitrogens with two attached hydrogens (primary N) is 1. The maximum Gasteiger partial charge on any atom is 0.289 e. The third-order valence-electron chi connectivity index (χ3n) is 2.98. The fourth-order valence-corrected chi connectivity index (χ4v) is 3.09. The number of hydrogen-bond acceptors (Lipinski definition) is 6. The molecule has 0 saturated heterocycles. The first-order valence-electron chi connectivity index (χ1n) is 7.13. The van der Waals surface area contributed by atoms with Gasteiger partial charge in [-0.2, -0.15) is 0 Å². The molecule has 0 aromatic heterocycles. The van der Waals surface area contributed by atoms with Crippen LogP contribution in [0.15, 0.2) is 29.2 Å². The van der Waals surface area contributed by atoms with Crippen molar-refractivity contribution >= 4 is 15.7 Å². The number of nitro groups is 1. The highest BCUT2D eigenvalue weighted by molar-refractivity contribution is 7.89. The maximum absolute atomic E-state index is 12.1. The van der Waals surface area contributed by atoms with Crippen LogP contribution in [0.25, 0.3) is 0 Å². The summed E-state index contributed by atoms with van der Waals surface area (Å²) in [5, 5.41) is 14.1. The van der Waals surface area contributed by atoms with E-state index in [0.29, 0.717) is 13.0 Å². The first-order chi connectivity index (χ1) is 10.5. The number of benzene rings is 1. The topological polar surface area (TPSA) is 127 Å². The minimum atomic E-state index is -3.87. The second kappa shape index (κ2) is 9.46. The van der Waals surface area contributed by atoms with E-state index in [1.807, 2.05) is 0 Å². The molecule has 0 heterocycles. The number of hydrogen-bond donors (Lipinski definition) is 3. The molecule has 1 aromatic carbocycles. The molecule has 0 radical (unpaired) electrons. The van der Waals surface area contributed by atoms with Gasteiger partial charge < -0.3 is 11.1 Å².